The van der Waals surface area contributed by atoms with E-state index < -0.39 is 0 Å². The smallest absolute Gasteiger partial charge is 0.204 e. The third kappa shape index (κ3) is 6.57. The van der Waals surface area contributed by atoms with Gasteiger partial charge in [0.2, 0.25) is 6.41 Å². The Morgan fingerprint density at radius 2 is 2.07 bits per heavy atom. The number of carbonyl (C=O) groups excluding carboxylic acids is 1. The SMILES string of the molecule is COC(/C=C\N)=C(\O)CC1=CCC(C)C=C1Oc1ccccc1C#N.NC=O. The summed E-state index contributed by atoms with van der Waals surface area (Å²) in [6.07, 6.45) is 8.19. The fourth-order valence-corrected chi connectivity index (χ4v) is 2.52. The maximum absolute atomic E-state index is 10.3. The van der Waals surface area contributed by atoms with Crippen LogP contribution in [0.3, 0.4) is 0 Å². The first-order valence-corrected chi connectivity index (χ1v) is 8.58. The van der Waals surface area contributed by atoms with Crippen molar-refractivity contribution in [3.8, 4) is 11.8 Å². The summed E-state index contributed by atoms with van der Waals surface area (Å²) < 4.78 is 11.1. The van der Waals surface area contributed by atoms with Crippen LogP contribution in [-0.4, -0.2) is 18.6 Å². The molecule has 1 amide bonds. The number of methoxy groups -OCH3 is 1. The van der Waals surface area contributed by atoms with Gasteiger partial charge in [-0.05, 0) is 48.4 Å². The molecule has 1 aromatic rings. The number of allylic oxidation sites excluding steroid dienone is 5. The fourth-order valence-electron chi connectivity index (χ4n) is 2.52. The van der Waals surface area contributed by atoms with Gasteiger partial charge in [-0.15, -0.1) is 0 Å². The molecule has 1 atom stereocenters. The number of ether oxygens (including phenoxy) is 2. The molecule has 1 aromatic carbocycles. The largest absolute Gasteiger partial charge is 0.508 e. The van der Waals surface area contributed by atoms with Gasteiger partial charge in [0.25, 0.3) is 0 Å². The molecule has 0 saturated carbocycles. The van der Waals surface area contributed by atoms with E-state index >= 15 is 0 Å². The van der Waals surface area contributed by atoms with E-state index in [0.717, 1.165) is 12.0 Å². The maximum atomic E-state index is 10.3. The average Bonchev–Trinajstić information content (AvgIpc) is 2.69. The normalized spacial score (nSPS) is 16.5. The molecular weight excluding hydrogens is 358 g/mol. The van der Waals surface area contributed by atoms with Crippen LogP contribution < -0.4 is 16.2 Å². The van der Waals surface area contributed by atoms with Crippen molar-refractivity contribution in [2.45, 2.75) is 19.8 Å². The van der Waals surface area contributed by atoms with Gasteiger partial charge in [-0.3, -0.25) is 4.79 Å². The molecule has 1 aliphatic rings. The minimum Gasteiger partial charge on any atom is -0.508 e. The summed E-state index contributed by atoms with van der Waals surface area (Å²) in [6, 6.07) is 9.19. The van der Waals surface area contributed by atoms with Gasteiger partial charge in [0, 0.05) is 6.42 Å². The van der Waals surface area contributed by atoms with Crippen LogP contribution in [0.5, 0.6) is 5.75 Å². The van der Waals surface area contributed by atoms with Crippen molar-refractivity contribution in [1.29, 1.82) is 5.26 Å². The Bertz CT molecular complexity index is 832. The molecule has 0 radical (unpaired) electrons. The quantitative estimate of drug-likeness (QED) is 0.393. The molecular formula is C21H25N3O4. The van der Waals surface area contributed by atoms with E-state index in [1.54, 1.807) is 18.2 Å². The molecule has 2 rings (SSSR count). The summed E-state index contributed by atoms with van der Waals surface area (Å²) >= 11 is 0. The Morgan fingerprint density at radius 3 is 2.68 bits per heavy atom. The summed E-state index contributed by atoms with van der Waals surface area (Å²) in [5, 5.41) is 19.5. The predicted octanol–water partition coefficient (Wildman–Crippen LogP) is 3.17. The first-order valence-electron chi connectivity index (χ1n) is 8.58. The molecule has 0 spiro atoms. The number of benzene rings is 1. The number of nitriles is 1. The van der Waals surface area contributed by atoms with E-state index in [-0.39, 0.29) is 18.6 Å². The number of hydrogen-bond donors (Lipinski definition) is 3. The monoisotopic (exact) mass is 383 g/mol. The van der Waals surface area contributed by atoms with Crippen LogP contribution in [0.2, 0.25) is 0 Å². The van der Waals surface area contributed by atoms with Crippen LogP contribution in [-0.2, 0) is 9.53 Å². The molecule has 5 N–H and O–H groups in total. The zero-order chi connectivity index (χ0) is 20.9. The number of amides is 1. The number of carbonyl (C=O) groups is 1. The average molecular weight is 383 g/mol. The van der Waals surface area contributed by atoms with Crippen LogP contribution in [0.4, 0.5) is 0 Å². The van der Waals surface area contributed by atoms with E-state index in [1.165, 1.54) is 19.4 Å². The number of hydrogen-bond acceptors (Lipinski definition) is 6. The highest BCUT2D eigenvalue weighted by atomic mass is 16.5. The van der Waals surface area contributed by atoms with E-state index in [0.29, 0.717) is 28.7 Å². The number of nitrogens with zero attached hydrogens (tertiary/aromatic N) is 1. The van der Waals surface area contributed by atoms with Gasteiger partial charge in [0.1, 0.15) is 23.3 Å². The van der Waals surface area contributed by atoms with Gasteiger partial charge >= 0.3 is 0 Å². The van der Waals surface area contributed by atoms with Crippen LogP contribution in [0.1, 0.15) is 25.3 Å². The highest BCUT2D eigenvalue weighted by Crippen LogP contribution is 2.31. The van der Waals surface area contributed by atoms with Gasteiger partial charge in [-0.1, -0.05) is 25.1 Å². The number of para-hydroxylation sites is 1. The van der Waals surface area contributed by atoms with Crippen molar-refractivity contribution in [1.82, 2.24) is 0 Å². The van der Waals surface area contributed by atoms with Gasteiger partial charge in [-0.2, -0.15) is 5.26 Å². The van der Waals surface area contributed by atoms with Gasteiger partial charge in [-0.25, -0.2) is 0 Å². The summed E-state index contributed by atoms with van der Waals surface area (Å²) in [7, 11) is 1.47. The second-order valence-corrected chi connectivity index (χ2v) is 5.87. The summed E-state index contributed by atoms with van der Waals surface area (Å²) in [6.45, 7) is 2.08. The van der Waals surface area contributed by atoms with E-state index in [2.05, 4.69) is 18.7 Å². The Hall–Kier alpha value is -3.66. The molecule has 0 fully saturated rings. The molecule has 0 aromatic heterocycles. The Balaban J connectivity index is 0.00000122. The molecule has 0 saturated heterocycles. The van der Waals surface area contributed by atoms with Crippen molar-refractivity contribution in [3.63, 3.8) is 0 Å². The second-order valence-electron chi connectivity index (χ2n) is 5.87. The zero-order valence-corrected chi connectivity index (χ0v) is 16.0. The molecule has 28 heavy (non-hydrogen) atoms. The van der Waals surface area contributed by atoms with E-state index in [4.69, 9.17) is 20.0 Å². The lowest BCUT2D eigenvalue weighted by atomic mass is 9.94. The summed E-state index contributed by atoms with van der Waals surface area (Å²) in [5.41, 5.74) is 10.8. The summed E-state index contributed by atoms with van der Waals surface area (Å²) in [5.74, 6) is 1.81. The second kappa shape index (κ2) is 11.9. The van der Waals surface area contributed by atoms with Crippen LogP contribution in [0.25, 0.3) is 0 Å². The van der Waals surface area contributed by atoms with E-state index in [9.17, 15) is 10.4 Å². The van der Waals surface area contributed by atoms with Crippen LogP contribution in [0, 0.1) is 17.2 Å². The number of primary amides is 1. The first-order chi connectivity index (χ1) is 13.5. The molecule has 148 valence electrons. The Labute approximate surface area is 164 Å². The van der Waals surface area contributed by atoms with Crippen molar-refractivity contribution < 1.29 is 19.4 Å². The molecule has 0 bridgehead atoms. The predicted molar refractivity (Wildman–Crippen MR) is 107 cm³/mol. The summed E-state index contributed by atoms with van der Waals surface area (Å²) in [4.78, 5) is 8.58. The Morgan fingerprint density at radius 1 is 1.39 bits per heavy atom. The standard InChI is InChI=1S/C20H22N2O3.CH3NO/c1-14-7-8-15(12-17(23)19(24-2)9-10-21)20(11-14)25-18-6-4-3-5-16(18)13-22;2-1-3/h3-6,8-11,14,23H,7,12,21H2,1-2H3;1H,(H2,2,3)/b10-9-,19-17-;. The van der Waals surface area contributed by atoms with Gasteiger partial charge < -0.3 is 26.0 Å². The van der Waals surface area contributed by atoms with Gasteiger partial charge in [0.15, 0.2) is 5.76 Å². The van der Waals surface area contributed by atoms with Crippen LogP contribution in [0.15, 0.2) is 71.5 Å². The lowest BCUT2D eigenvalue weighted by molar-refractivity contribution is -0.106. The molecule has 7 nitrogen and oxygen atoms in total. The Kier molecular flexibility index (Phi) is 9.48. The van der Waals surface area contributed by atoms with Crippen LogP contribution >= 0.6 is 0 Å². The molecule has 0 aliphatic heterocycles. The number of aliphatic hydroxyl groups is 1. The third-order valence-electron chi connectivity index (χ3n) is 3.83. The number of nitrogens with two attached hydrogens (primary N) is 2. The molecule has 7 heteroatoms. The fraction of sp³-hybridized carbons (Fsp3) is 0.238. The van der Waals surface area contributed by atoms with E-state index in [1.807, 2.05) is 18.2 Å². The van der Waals surface area contributed by atoms with Crippen molar-refractivity contribution in [3.05, 3.63) is 77.1 Å². The maximum Gasteiger partial charge on any atom is 0.204 e. The third-order valence-corrected chi connectivity index (χ3v) is 3.83. The lowest BCUT2D eigenvalue weighted by Crippen LogP contribution is -2.09. The molecule has 0 heterocycles. The highest BCUT2D eigenvalue weighted by molar-refractivity contribution is 5.46. The topological polar surface area (TPSA) is 132 Å². The van der Waals surface area contributed by atoms with Crippen molar-refractivity contribution in [2.24, 2.45) is 17.4 Å². The zero-order valence-electron chi connectivity index (χ0n) is 16.0. The number of aliphatic hydroxyl groups excluding tert-OH is 1. The first kappa shape index (κ1) is 22.4. The van der Waals surface area contributed by atoms with Crippen molar-refractivity contribution in [2.75, 3.05) is 7.11 Å². The molecule has 1 aliphatic carbocycles. The lowest BCUT2D eigenvalue weighted by Gasteiger charge is -2.21. The van der Waals surface area contributed by atoms with Gasteiger partial charge in [0.05, 0.1) is 12.7 Å². The number of rotatable bonds is 6. The van der Waals surface area contributed by atoms with Crippen molar-refractivity contribution >= 4 is 6.41 Å². The minimum atomic E-state index is 0.0630. The highest BCUT2D eigenvalue weighted by Gasteiger charge is 2.19. The molecule has 1 unspecified atom stereocenters. The minimum absolute atomic E-state index is 0.0630.